The lowest BCUT2D eigenvalue weighted by molar-refractivity contribution is 0.0909. The quantitative estimate of drug-likeness (QED) is 0.694. The van der Waals surface area contributed by atoms with Gasteiger partial charge in [-0.1, -0.05) is 23.7 Å². The number of unbranched alkanes of at least 4 members (excludes halogenated alkanes) is 1. The van der Waals surface area contributed by atoms with Crippen molar-refractivity contribution >= 4 is 5.91 Å². The molecule has 0 aliphatic carbocycles. The number of halogens is 1. The van der Waals surface area contributed by atoms with E-state index in [9.17, 15) is 9.18 Å². The van der Waals surface area contributed by atoms with Crippen LogP contribution >= 0.6 is 0 Å². The molecule has 2 heterocycles. The van der Waals surface area contributed by atoms with E-state index in [1.807, 2.05) is 6.92 Å². The molecule has 0 spiro atoms. The summed E-state index contributed by atoms with van der Waals surface area (Å²) >= 11 is 0. The van der Waals surface area contributed by atoms with E-state index in [4.69, 9.17) is 4.52 Å². The van der Waals surface area contributed by atoms with Crippen molar-refractivity contribution in [2.45, 2.75) is 19.8 Å². The topological polar surface area (TPSA) is 98.7 Å². The Morgan fingerprint density at radius 2 is 2.12 bits per heavy atom. The normalized spacial score (nSPS) is 10.8. The van der Waals surface area contributed by atoms with E-state index in [1.165, 1.54) is 16.8 Å². The van der Waals surface area contributed by atoms with Crippen LogP contribution in [-0.4, -0.2) is 37.6 Å². The highest BCUT2D eigenvalue weighted by atomic mass is 19.1. The number of benzene rings is 1. The van der Waals surface area contributed by atoms with E-state index >= 15 is 0 Å². The molecule has 0 saturated carbocycles. The van der Waals surface area contributed by atoms with Crippen LogP contribution in [0.3, 0.4) is 0 Å². The first kappa shape index (κ1) is 15.8. The van der Waals surface area contributed by atoms with E-state index < -0.39 is 5.91 Å². The Balaban J connectivity index is 1.74. The molecule has 0 unspecified atom stereocenters. The highest BCUT2D eigenvalue weighted by Gasteiger charge is 2.17. The number of nitrogens with zero attached hydrogens (tertiary/aromatic N) is 5. The lowest BCUT2D eigenvalue weighted by atomic mass is 10.3. The molecule has 0 saturated heterocycles. The molecule has 0 aliphatic rings. The maximum atomic E-state index is 12.9. The highest BCUT2D eigenvalue weighted by Crippen LogP contribution is 2.15. The molecule has 0 aliphatic heterocycles. The smallest absolute Gasteiger partial charge is 0.316 e. The first-order valence-electron chi connectivity index (χ1n) is 7.48. The maximum absolute atomic E-state index is 12.9. The van der Waals surface area contributed by atoms with E-state index in [-0.39, 0.29) is 17.5 Å². The molecule has 0 bridgehead atoms. The number of carbonyl (C=O) groups is 1. The molecule has 0 fully saturated rings. The van der Waals surface area contributed by atoms with Crippen LogP contribution in [0.4, 0.5) is 4.39 Å². The third-order valence-electron chi connectivity index (χ3n) is 3.25. The Labute approximate surface area is 136 Å². The SMILES string of the molecule is CCCCNC(=O)c1nc(-c2cn(-c3ccc(F)cc3)nn2)no1. The minimum atomic E-state index is -0.423. The van der Waals surface area contributed by atoms with Crippen molar-refractivity contribution in [3.8, 4) is 17.2 Å². The number of nitrogens with one attached hydrogen (secondary N) is 1. The maximum Gasteiger partial charge on any atom is 0.316 e. The Bertz CT molecular complexity index is 827. The number of rotatable bonds is 6. The van der Waals surface area contributed by atoms with Gasteiger partial charge in [0.15, 0.2) is 5.69 Å². The fraction of sp³-hybridized carbons (Fsp3) is 0.267. The van der Waals surface area contributed by atoms with Crippen LogP contribution in [0.1, 0.15) is 30.5 Å². The molecule has 1 aromatic carbocycles. The Hall–Kier alpha value is -3.10. The van der Waals surface area contributed by atoms with Gasteiger partial charge in [0.05, 0.1) is 11.9 Å². The number of hydrogen-bond donors (Lipinski definition) is 1. The summed E-state index contributed by atoms with van der Waals surface area (Å²) in [5, 5.41) is 14.3. The summed E-state index contributed by atoms with van der Waals surface area (Å²) in [5.41, 5.74) is 0.979. The zero-order chi connectivity index (χ0) is 16.9. The number of hydrogen-bond acceptors (Lipinski definition) is 6. The van der Waals surface area contributed by atoms with Gasteiger partial charge >= 0.3 is 11.8 Å². The van der Waals surface area contributed by atoms with Crippen LogP contribution in [0.5, 0.6) is 0 Å². The van der Waals surface area contributed by atoms with Gasteiger partial charge in [0, 0.05) is 6.54 Å². The number of aromatic nitrogens is 5. The standard InChI is InChI=1S/C15H15FN6O2/c1-2-3-8-17-14(23)15-18-13(20-24-15)12-9-22(21-19-12)11-6-4-10(16)5-7-11/h4-7,9H,2-3,8H2,1H3,(H,17,23). The number of amides is 1. The summed E-state index contributed by atoms with van der Waals surface area (Å²) in [7, 11) is 0. The van der Waals surface area contributed by atoms with E-state index in [0.29, 0.717) is 17.9 Å². The summed E-state index contributed by atoms with van der Waals surface area (Å²) in [6.45, 7) is 2.58. The summed E-state index contributed by atoms with van der Waals surface area (Å²) in [6.07, 6.45) is 3.41. The fourth-order valence-electron chi connectivity index (χ4n) is 1.96. The second-order valence-electron chi connectivity index (χ2n) is 5.06. The zero-order valence-corrected chi connectivity index (χ0v) is 12.9. The van der Waals surface area contributed by atoms with Gasteiger partial charge in [-0.2, -0.15) is 4.98 Å². The van der Waals surface area contributed by atoms with Crippen molar-refractivity contribution in [1.29, 1.82) is 0 Å². The van der Waals surface area contributed by atoms with Crippen molar-refractivity contribution in [2.75, 3.05) is 6.54 Å². The molecule has 124 valence electrons. The second-order valence-corrected chi connectivity index (χ2v) is 5.06. The van der Waals surface area contributed by atoms with E-state index in [1.54, 1.807) is 18.3 Å². The summed E-state index contributed by atoms with van der Waals surface area (Å²) in [6, 6.07) is 5.78. The van der Waals surface area contributed by atoms with E-state index in [0.717, 1.165) is 12.8 Å². The zero-order valence-electron chi connectivity index (χ0n) is 12.9. The van der Waals surface area contributed by atoms with Crippen LogP contribution in [0.2, 0.25) is 0 Å². The van der Waals surface area contributed by atoms with Crippen molar-refractivity contribution in [3.05, 3.63) is 42.2 Å². The highest BCUT2D eigenvalue weighted by molar-refractivity contribution is 5.89. The van der Waals surface area contributed by atoms with Crippen molar-refractivity contribution < 1.29 is 13.7 Å². The van der Waals surface area contributed by atoms with Crippen molar-refractivity contribution in [3.63, 3.8) is 0 Å². The van der Waals surface area contributed by atoms with Gasteiger partial charge in [-0.15, -0.1) is 5.10 Å². The predicted molar refractivity (Wildman–Crippen MR) is 81.9 cm³/mol. The molecule has 0 atom stereocenters. The molecular formula is C15H15FN6O2. The van der Waals surface area contributed by atoms with Gasteiger partial charge in [-0.05, 0) is 30.7 Å². The first-order chi connectivity index (χ1) is 11.7. The lowest BCUT2D eigenvalue weighted by Crippen LogP contribution is -2.24. The molecule has 2 aromatic heterocycles. The molecule has 24 heavy (non-hydrogen) atoms. The predicted octanol–water partition coefficient (Wildman–Crippen LogP) is 1.99. The van der Waals surface area contributed by atoms with Gasteiger partial charge in [0.2, 0.25) is 5.82 Å². The lowest BCUT2D eigenvalue weighted by Gasteiger charge is -1.98. The minimum absolute atomic E-state index is 0.127. The second kappa shape index (κ2) is 6.99. The average Bonchev–Trinajstić information content (AvgIpc) is 3.25. The van der Waals surface area contributed by atoms with Crippen LogP contribution < -0.4 is 5.32 Å². The fourth-order valence-corrected chi connectivity index (χ4v) is 1.96. The van der Waals surface area contributed by atoms with Crippen LogP contribution in [-0.2, 0) is 0 Å². The molecule has 3 aromatic rings. The Morgan fingerprint density at radius 3 is 2.88 bits per heavy atom. The van der Waals surface area contributed by atoms with Gasteiger partial charge in [0.1, 0.15) is 5.82 Å². The largest absolute Gasteiger partial charge is 0.348 e. The van der Waals surface area contributed by atoms with Crippen molar-refractivity contribution in [2.24, 2.45) is 0 Å². The molecule has 8 nitrogen and oxygen atoms in total. The molecule has 0 radical (unpaired) electrons. The van der Waals surface area contributed by atoms with Crippen LogP contribution in [0.15, 0.2) is 35.0 Å². The van der Waals surface area contributed by atoms with Crippen molar-refractivity contribution in [1.82, 2.24) is 30.5 Å². The van der Waals surface area contributed by atoms with Crippen LogP contribution in [0, 0.1) is 5.82 Å². The van der Waals surface area contributed by atoms with Crippen LogP contribution in [0.25, 0.3) is 17.2 Å². The first-order valence-corrected chi connectivity index (χ1v) is 7.48. The third kappa shape index (κ3) is 3.45. The summed E-state index contributed by atoms with van der Waals surface area (Å²) in [4.78, 5) is 15.9. The van der Waals surface area contributed by atoms with Gasteiger partial charge in [0.25, 0.3) is 0 Å². The Morgan fingerprint density at radius 1 is 1.33 bits per heavy atom. The van der Waals surface area contributed by atoms with E-state index in [2.05, 4.69) is 25.8 Å². The molecule has 9 heteroatoms. The molecule has 1 N–H and O–H groups in total. The van der Waals surface area contributed by atoms with Gasteiger partial charge in [-0.25, -0.2) is 9.07 Å². The monoisotopic (exact) mass is 330 g/mol. The van der Waals surface area contributed by atoms with Gasteiger partial charge in [-0.3, -0.25) is 4.79 Å². The molecular weight excluding hydrogens is 315 g/mol. The Kier molecular flexibility index (Phi) is 4.59. The number of carbonyl (C=O) groups excluding carboxylic acids is 1. The average molecular weight is 330 g/mol. The minimum Gasteiger partial charge on any atom is -0.348 e. The summed E-state index contributed by atoms with van der Waals surface area (Å²) < 4.78 is 19.3. The summed E-state index contributed by atoms with van der Waals surface area (Å²) in [5.74, 6) is -0.731. The molecule has 3 rings (SSSR count). The molecule has 1 amide bonds. The van der Waals surface area contributed by atoms with Gasteiger partial charge < -0.3 is 9.84 Å². The third-order valence-corrected chi connectivity index (χ3v) is 3.25.